The molecule has 0 radical (unpaired) electrons. The lowest BCUT2D eigenvalue weighted by Gasteiger charge is -2.04. The van der Waals surface area contributed by atoms with Gasteiger partial charge in [-0.3, -0.25) is 9.48 Å². The summed E-state index contributed by atoms with van der Waals surface area (Å²) in [4.78, 5) is 11.7. The monoisotopic (exact) mass is 307 g/mol. The van der Waals surface area contributed by atoms with Gasteiger partial charge in [0.25, 0.3) is 0 Å². The fourth-order valence-corrected chi connectivity index (χ4v) is 1.88. The number of nitrogens with one attached hydrogen (secondary N) is 1. The molecule has 1 aromatic heterocycles. The van der Waals surface area contributed by atoms with Crippen molar-refractivity contribution in [3.05, 3.63) is 52.3 Å². The molecule has 0 unspecified atom stereocenters. The van der Waals surface area contributed by atoms with Crippen LogP contribution in [0.5, 0.6) is 0 Å². The van der Waals surface area contributed by atoms with Crippen LogP contribution >= 0.6 is 15.9 Å². The molecule has 5 heteroatoms. The molecule has 18 heavy (non-hydrogen) atoms. The number of aromatic nitrogens is 2. The average molecular weight is 308 g/mol. The van der Waals surface area contributed by atoms with Crippen molar-refractivity contribution in [3.63, 3.8) is 0 Å². The molecule has 2 aromatic rings. The van der Waals surface area contributed by atoms with Gasteiger partial charge >= 0.3 is 0 Å². The van der Waals surface area contributed by atoms with Crippen molar-refractivity contribution in [1.82, 2.24) is 15.1 Å². The van der Waals surface area contributed by atoms with Crippen LogP contribution in [0.15, 0.2) is 41.1 Å². The first-order valence-corrected chi connectivity index (χ1v) is 6.41. The fraction of sp³-hybridized carbons (Fsp3) is 0.231. The van der Waals surface area contributed by atoms with Crippen molar-refractivity contribution in [1.29, 1.82) is 0 Å². The summed E-state index contributed by atoms with van der Waals surface area (Å²) in [6, 6.07) is 7.74. The summed E-state index contributed by atoms with van der Waals surface area (Å²) in [7, 11) is 1.85. The van der Waals surface area contributed by atoms with Crippen molar-refractivity contribution in [3.8, 4) is 0 Å². The van der Waals surface area contributed by atoms with Crippen LogP contribution in [-0.2, 0) is 24.8 Å². The molecule has 0 saturated carbocycles. The molecule has 1 aromatic carbocycles. The van der Waals surface area contributed by atoms with Gasteiger partial charge in [0.05, 0.1) is 12.6 Å². The van der Waals surface area contributed by atoms with Gasteiger partial charge in [-0.05, 0) is 17.7 Å². The van der Waals surface area contributed by atoms with E-state index in [0.29, 0.717) is 13.0 Å². The molecular weight excluding hydrogens is 294 g/mol. The normalized spacial score (nSPS) is 10.3. The van der Waals surface area contributed by atoms with Crippen LogP contribution in [0.25, 0.3) is 0 Å². The second-order valence-corrected chi connectivity index (χ2v) is 5.02. The lowest BCUT2D eigenvalue weighted by atomic mass is 10.1. The Bertz CT molecular complexity index is 533. The molecule has 2 rings (SSSR count). The highest BCUT2D eigenvalue weighted by molar-refractivity contribution is 9.10. The summed E-state index contributed by atoms with van der Waals surface area (Å²) in [5.74, 6) is 0.0150. The van der Waals surface area contributed by atoms with Gasteiger partial charge in [-0.25, -0.2) is 0 Å². The maximum atomic E-state index is 11.7. The number of rotatable bonds is 4. The van der Waals surface area contributed by atoms with E-state index in [0.717, 1.165) is 15.6 Å². The third kappa shape index (κ3) is 3.70. The van der Waals surface area contributed by atoms with E-state index >= 15 is 0 Å². The summed E-state index contributed by atoms with van der Waals surface area (Å²) in [6.45, 7) is 0.517. The van der Waals surface area contributed by atoms with Gasteiger partial charge in [-0.1, -0.05) is 28.1 Å². The topological polar surface area (TPSA) is 46.9 Å². The first-order valence-electron chi connectivity index (χ1n) is 5.62. The molecule has 0 bridgehead atoms. The Hall–Kier alpha value is -1.62. The number of aryl methyl sites for hydroxylation is 1. The van der Waals surface area contributed by atoms with Crippen LogP contribution in [-0.4, -0.2) is 15.7 Å². The van der Waals surface area contributed by atoms with Crippen LogP contribution in [0.1, 0.15) is 11.1 Å². The van der Waals surface area contributed by atoms with Crippen LogP contribution in [0, 0.1) is 0 Å². The van der Waals surface area contributed by atoms with E-state index in [1.807, 2.05) is 37.5 Å². The SMILES string of the molecule is Cn1cc(CNC(=O)Cc2ccc(Br)cc2)cn1. The Morgan fingerprint density at radius 2 is 2.06 bits per heavy atom. The summed E-state index contributed by atoms with van der Waals surface area (Å²) in [5.41, 5.74) is 2.00. The van der Waals surface area contributed by atoms with Crippen LogP contribution in [0.3, 0.4) is 0 Å². The molecule has 1 amide bonds. The summed E-state index contributed by atoms with van der Waals surface area (Å²) in [5, 5.41) is 6.92. The van der Waals surface area contributed by atoms with E-state index < -0.39 is 0 Å². The molecule has 4 nitrogen and oxygen atoms in total. The molecule has 94 valence electrons. The van der Waals surface area contributed by atoms with E-state index in [1.165, 1.54) is 0 Å². The first-order chi connectivity index (χ1) is 8.63. The van der Waals surface area contributed by atoms with E-state index in [2.05, 4.69) is 26.3 Å². The summed E-state index contributed by atoms with van der Waals surface area (Å²) >= 11 is 3.37. The quantitative estimate of drug-likeness (QED) is 0.939. The number of nitrogens with zero attached hydrogens (tertiary/aromatic N) is 2. The molecule has 0 aliphatic heterocycles. The van der Waals surface area contributed by atoms with Crippen LogP contribution in [0.2, 0.25) is 0 Å². The zero-order valence-electron chi connectivity index (χ0n) is 10.1. The predicted octanol–water partition coefficient (Wildman–Crippen LogP) is 2.04. The fourth-order valence-electron chi connectivity index (χ4n) is 1.61. The van der Waals surface area contributed by atoms with Crippen molar-refractivity contribution >= 4 is 21.8 Å². The number of carbonyl (C=O) groups excluding carboxylic acids is 1. The third-order valence-corrected chi connectivity index (χ3v) is 3.05. The third-order valence-electron chi connectivity index (χ3n) is 2.53. The van der Waals surface area contributed by atoms with Gasteiger partial charge in [0.1, 0.15) is 0 Å². The number of carbonyl (C=O) groups is 1. The lowest BCUT2D eigenvalue weighted by Crippen LogP contribution is -2.24. The zero-order valence-corrected chi connectivity index (χ0v) is 11.6. The molecule has 0 atom stereocenters. The average Bonchev–Trinajstić information content (AvgIpc) is 2.76. The van der Waals surface area contributed by atoms with E-state index in [1.54, 1.807) is 10.9 Å². The Morgan fingerprint density at radius 3 is 2.67 bits per heavy atom. The highest BCUT2D eigenvalue weighted by Gasteiger charge is 2.04. The Labute approximate surface area is 114 Å². The van der Waals surface area contributed by atoms with Crippen molar-refractivity contribution in [2.45, 2.75) is 13.0 Å². The minimum atomic E-state index is 0.0150. The predicted molar refractivity (Wildman–Crippen MR) is 72.9 cm³/mol. The minimum Gasteiger partial charge on any atom is -0.352 e. The minimum absolute atomic E-state index is 0.0150. The highest BCUT2D eigenvalue weighted by atomic mass is 79.9. The molecule has 1 heterocycles. The summed E-state index contributed by atoms with van der Waals surface area (Å²) < 4.78 is 2.73. The van der Waals surface area contributed by atoms with E-state index in [-0.39, 0.29) is 5.91 Å². The smallest absolute Gasteiger partial charge is 0.224 e. The number of amides is 1. The number of benzene rings is 1. The molecule has 0 spiro atoms. The number of halogens is 1. The van der Waals surface area contributed by atoms with Gasteiger partial charge < -0.3 is 5.32 Å². The second kappa shape index (κ2) is 5.82. The lowest BCUT2D eigenvalue weighted by molar-refractivity contribution is -0.120. The van der Waals surface area contributed by atoms with Crippen LogP contribution in [0.4, 0.5) is 0 Å². The van der Waals surface area contributed by atoms with E-state index in [9.17, 15) is 4.79 Å². The van der Waals surface area contributed by atoms with Gasteiger partial charge in [-0.15, -0.1) is 0 Å². The van der Waals surface area contributed by atoms with Crippen molar-refractivity contribution in [2.75, 3.05) is 0 Å². The van der Waals surface area contributed by atoms with E-state index in [4.69, 9.17) is 0 Å². The standard InChI is InChI=1S/C13H14BrN3O/c1-17-9-11(8-16-17)7-15-13(18)6-10-2-4-12(14)5-3-10/h2-5,8-9H,6-7H2,1H3,(H,15,18). The maximum absolute atomic E-state index is 11.7. The molecular formula is C13H14BrN3O. The Balaban J connectivity index is 1.83. The van der Waals surface area contributed by atoms with Gasteiger partial charge in [0.2, 0.25) is 5.91 Å². The highest BCUT2D eigenvalue weighted by Crippen LogP contribution is 2.10. The maximum Gasteiger partial charge on any atom is 0.224 e. The van der Waals surface area contributed by atoms with Crippen molar-refractivity contribution in [2.24, 2.45) is 7.05 Å². The Kier molecular flexibility index (Phi) is 4.15. The number of hydrogen-bond acceptors (Lipinski definition) is 2. The second-order valence-electron chi connectivity index (χ2n) is 4.10. The Morgan fingerprint density at radius 1 is 1.33 bits per heavy atom. The number of hydrogen-bond donors (Lipinski definition) is 1. The largest absolute Gasteiger partial charge is 0.352 e. The van der Waals surface area contributed by atoms with Gasteiger partial charge in [-0.2, -0.15) is 5.10 Å². The molecule has 0 aliphatic carbocycles. The molecule has 0 aliphatic rings. The molecule has 1 N–H and O–H groups in total. The molecule has 0 fully saturated rings. The summed E-state index contributed by atoms with van der Waals surface area (Å²) in [6.07, 6.45) is 4.04. The molecule has 0 saturated heterocycles. The van der Waals surface area contributed by atoms with Gasteiger partial charge in [0, 0.05) is 29.8 Å². The van der Waals surface area contributed by atoms with Gasteiger partial charge in [0.15, 0.2) is 0 Å². The first kappa shape index (κ1) is 12.8. The van der Waals surface area contributed by atoms with Crippen molar-refractivity contribution < 1.29 is 4.79 Å². The zero-order chi connectivity index (χ0) is 13.0. The van der Waals surface area contributed by atoms with Crippen LogP contribution < -0.4 is 5.32 Å².